The number of aromatic nitrogens is 1. The molecule has 3 rings (SSSR count). The average molecular weight is 448 g/mol. The van der Waals surface area contributed by atoms with E-state index in [1.807, 2.05) is 44.3 Å². The lowest BCUT2D eigenvalue weighted by Crippen LogP contribution is -2.50. The molecule has 8 heteroatoms. The van der Waals surface area contributed by atoms with Crippen molar-refractivity contribution in [3.63, 3.8) is 0 Å². The number of rotatable bonds is 9. The molecule has 1 heterocycles. The molecule has 0 fully saturated rings. The lowest BCUT2D eigenvalue weighted by atomic mass is 10.0. The van der Waals surface area contributed by atoms with Gasteiger partial charge < -0.3 is 10.3 Å². The number of carbonyl (C=O) groups is 1. The second-order valence-electron chi connectivity index (χ2n) is 7.39. The Balaban J connectivity index is 1.88. The quantitative estimate of drug-likeness (QED) is 0.462. The predicted octanol–water partition coefficient (Wildman–Crippen LogP) is 4.02. The van der Waals surface area contributed by atoms with Crippen LogP contribution in [0.1, 0.15) is 32.3 Å². The number of hydrogen-bond acceptors (Lipinski definition) is 3. The summed E-state index contributed by atoms with van der Waals surface area (Å²) in [6.07, 6.45) is 3.78. The zero-order valence-corrected chi connectivity index (χ0v) is 18.6. The Morgan fingerprint density at radius 2 is 1.83 bits per heavy atom. The molecule has 160 valence electrons. The first-order valence-corrected chi connectivity index (χ1v) is 11.8. The Bertz CT molecular complexity index is 1110. The summed E-state index contributed by atoms with van der Waals surface area (Å²) in [4.78, 5) is 16.2. The Kier molecular flexibility index (Phi) is 7.18. The summed E-state index contributed by atoms with van der Waals surface area (Å²) in [5.41, 5.74) is 1.80. The Morgan fingerprint density at radius 1 is 1.13 bits per heavy atom. The van der Waals surface area contributed by atoms with Crippen molar-refractivity contribution in [2.75, 3.05) is 0 Å². The Labute approximate surface area is 182 Å². The minimum Gasteiger partial charge on any atom is -0.361 e. The van der Waals surface area contributed by atoms with Gasteiger partial charge in [-0.2, -0.15) is 4.72 Å². The molecule has 0 aliphatic carbocycles. The van der Waals surface area contributed by atoms with Crippen LogP contribution in [0.4, 0.5) is 0 Å². The third kappa shape index (κ3) is 5.41. The first kappa shape index (κ1) is 22.3. The minimum absolute atomic E-state index is 0.0481. The predicted molar refractivity (Wildman–Crippen MR) is 120 cm³/mol. The smallest absolute Gasteiger partial charge is 0.241 e. The molecule has 0 unspecified atom stereocenters. The number of halogens is 1. The third-order valence-corrected chi connectivity index (χ3v) is 6.69. The summed E-state index contributed by atoms with van der Waals surface area (Å²) in [6.45, 7) is 3.95. The second kappa shape index (κ2) is 9.64. The Morgan fingerprint density at radius 3 is 2.53 bits per heavy atom. The summed E-state index contributed by atoms with van der Waals surface area (Å²) in [6, 6.07) is 12.6. The van der Waals surface area contributed by atoms with Crippen molar-refractivity contribution in [2.24, 2.45) is 0 Å². The van der Waals surface area contributed by atoms with Gasteiger partial charge in [0.25, 0.3) is 0 Å². The van der Waals surface area contributed by atoms with E-state index in [1.165, 1.54) is 24.3 Å². The lowest BCUT2D eigenvalue weighted by Gasteiger charge is -2.21. The van der Waals surface area contributed by atoms with Crippen molar-refractivity contribution in [3.8, 4) is 0 Å². The summed E-state index contributed by atoms with van der Waals surface area (Å²) in [5, 5.41) is 4.33. The van der Waals surface area contributed by atoms with Crippen LogP contribution < -0.4 is 10.0 Å². The summed E-state index contributed by atoms with van der Waals surface area (Å²) in [7, 11) is -3.91. The SMILES string of the molecule is CCC[C@@H](C)NC(=O)[C@@H](Cc1c[nH]c2ccccc12)NS(=O)(=O)c1ccc(Cl)cc1. The summed E-state index contributed by atoms with van der Waals surface area (Å²) >= 11 is 5.87. The van der Waals surface area contributed by atoms with E-state index in [0.29, 0.717) is 5.02 Å². The molecule has 1 aromatic heterocycles. The molecule has 0 aliphatic rings. The first-order valence-electron chi connectivity index (χ1n) is 9.93. The maximum Gasteiger partial charge on any atom is 0.241 e. The van der Waals surface area contributed by atoms with Gasteiger partial charge >= 0.3 is 0 Å². The van der Waals surface area contributed by atoms with E-state index in [9.17, 15) is 13.2 Å². The number of benzene rings is 2. The molecular formula is C22H26ClN3O3S. The van der Waals surface area contributed by atoms with Gasteiger partial charge in [0.1, 0.15) is 6.04 Å². The molecule has 2 aromatic carbocycles. The van der Waals surface area contributed by atoms with Crippen molar-refractivity contribution < 1.29 is 13.2 Å². The van der Waals surface area contributed by atoms with Crippen LogP contribution in [0.5, 0.6) is 0 Å². The van der Waals surface area contributed by atoms with Crippen LogP contribution in [0.2, 0.25) is 5.02 Å². The number of hydrogen-bond donors (Lipinski definition) is 3. The molecule has 0 saturated carbocycles. The molecule has 0 radical (unpaired) electrons. The highest BCUT2D eigenvalue weighted by Gasteiger charge is 2.27. The van der Waals surface area contributed by atoms with Gasteiger partial charge in [-0.15, -0.1) is 0 Å². The van der Waals surface area contributed by atoms with Crippen molar-refractivity contribution in [3.05, 3.63) is 65.3 Å². The molecule has 0 bridgehead atoms. The van der Waals surface area contributed by atoms with Crippen LogP contribution in [-0.2, 0) is 21.2 Å². The molecule has 1 amide bonds. The maximum atomic E-state index is 13.0. The van der Waals surface area contributed by atoms with Gasteiger partial charge in [0, 0.05) is 28.2 Å². The van der Waals surface area contributed by atoms with Crippen LogP contribution in [0.25, 0.3) is 10.9 Å². The van der Waals surface area contributed by atoms with Crippen LogP contribution in [0, 0.1) is 0 Å². The fourth-order valence-corrected chi connectivity index (χ4v) is 4.75. The van der Waals surface area contributed by atoms with Crippen molar-refractivity contribution in [1.29, 1.82) is 0 Å². The number of sulfonamides is 1. The number of aromatic amines is 1. The topological polar surface area (TPSA) is 91.1 Å². The van der Waals surface area contributed by atoms with Gasteiger partial charge in [0.2, 0.25) is 15.9 Å². The highest BCUT2D eigenvalue weighted by Crippen LogP contribution is 2.20. The molecular weight excluding hydrogens is 422 g/mol. The van der Waals surface area contributed by atoms with Crippen molar-refractivity contribution in [1.82, 2.24) is 15.0 Å². The maximum absolute atomic E-state index is 13.0. The lowest BCUT2D eigenvalue weighted by molar-refractivity contribution is -0.123. The van der Waals surface area contributed by atoms with E-state index in [-0.39, 0.29) is 23.3 Å². The van der Waals surface area contributed by atoms with Gasteiger partial charge in [-0.3, -0.25) is 4.79 Å². The van der Waals surface area contributed by atoms with Crippen molar-refractivity contribution in [2.45, 2.75) is 50.1 Å². The molecule has 30 heavy (non-hydrogen) atoms. The summed E-state index contributed by atoms with van der Waals surface area (Å²) in [5.74, 6) is -0.348. The molecule has 0 spiro atoms. The van der Waals surface area contributed by atoms with E-state index in [1.54, 1.807) is 0 Å². The second-order valence-corrected chi connectivity index (χ2v) is 9.54. The van der Waals surface area contributed by atoms with Crippen molar-refractivity contribution >= 4 is 38.4 Å². The number of fused-ring (bicyclic) bond motifs is 1. The Hall–Kier alpha value is -2.35. The number of H-pyrrole nitrogens is 1. The fourth-order valence-electron chi connectivity index (χ4n) is 3.43. The fraction of sp³-hybridized carbons (Fsp3) is 0.318. The highest BCUT2D eigenvalue weighted by atomic mass is 35.5. The zero-order chi connectivity index (χ0) is 21.7. The van der Waals surface area contributed by atoms with Crippen LogP contribution in [0.3, 0.4) is 0 Å². The molecule has 3 N–H and O–H groups in total. The van der Waals surface area contributed by atoms with E-state index < -0.39 is 16.1 Å². The normalized spacial score (nSPS) is 13.8. The van der Waals surface area contributed by atoms with Gasteiger partial charge in [-0.05, 0) is 55.7 Å². The van der Waals surface area contributed by atoms with Crippen LogP contribution in [0.15, 0.2) is 59.6 Å². The van der Waals surface area contributed by atoms with Gasteiger partial charge in [-0.25, -0.2) is 8.42 Å². The van der Waals surface area contributed by atoms with E-state index in [0.717, 1.165) is 29.3 Å². The average Bonchev–Trinajstić information content (AvgIpc) is 3.11. The molecule has 0 aliphatic heterocycles. The molecule has 2 atom stereocenters. The highest BCUT2D eigenvalue weighted by molar-refractivity contribution is 7.89. The monoisotopic (exact) mass is 447 g/mol. The first-order chi connectivity index (χ1) is 14.3. The third-order valence-electron chi connectivity index (χ3n) is 4.95. The van der Waals surface area contributed by atoms with E-state index in [2.05, 4.69) is 15.0 Å². The zero-order valence-electron chi connectivity index (χ0n) is 17.0. The number of carbonyl (C=O) groups excluding carboxylic acids is 1. The van der Waals surface area contributed by atoms with Crippen LogP contribution in [-0.4, -0.2) is 31.4 Å². The standard InChI is InChI=1S/C22H26ClN3O3S/c1-3-6-15(2)25-22(27)21(13-16-14-24-20-8-5-4-7-19(16)20)26-30(28,29)18-11-9-17(23)10-12-18/h4-5,7-12,14-15,21,24,26H,3,6,13H2,1-2H3,(H,25,27)/t15-,21-/m1/s1. The van der Waals surface area contributed by atoms with E-state index in [4.69, 9.17) is 11.6 Å². The van der Waals surface area contributed by atoms with Gasteiger partial charge in [0.15, 0.2) is 0 Å². The number of nitrogens with one attached hydrogen (secondary N) is 3. The molecule has 6 nitrogen and oxygen atoms in total. The van der Waals surface area contributed by atoms with Gasteiger partial charge in [-0.1, -0.05) is 43.1 Å². The van der Waals surface area contributed by atoms with Crippen LogP contribution >= 0.6 is 11.6 Å². The summed E-state index contributed by atoms with van der Waals surface area (Å²) < 4.78 is 28.4. The number of para-hydroxylation sites is 1. The number of amides is 1. The minimum atomic E-state index is -3.91. The molecule has 3 aromatic rings. The van der Waals surface area contributed by atoms with E-state index >= 15 is 0 Å². The van der Waals surface area contributed by atoms with Gasteiger partial charge in [0.05, 0.1) is 4.90 Å². The largest absolute Gasteiger partial charge is 0.361 e. The molecule has 0 saturated heterocycles.